The Bertz CT molecular complexity index is 329. The first-order valence-corrected chi connectivity index (χ1v) is 5.23. The Morgan fingerprint density at radius 1 is 1.06 bits per heavy atom. The number of nitrogens with two attached hydrogens (primary N) is 1. The van der Waals surface area contributed by atoms with Crippen LogP contribution in [0.3, 0.4) is 0 Å². The lowest BCUT2D eigenvalue weighted by Crippen LogP contribution is -2.63. The highest BCUT2D eigenvalue weighted by Gasteiger charge is 2.52. The maximum atomic E-state index is 11.0. The lowest BCUT2D eigenvalue weighted by molar-refractivity contribution is -0.160. The normalized spacial score (nSPS) is 15.7. The molecular formula is C11H21NO6. The van der Waals surface area contributed by atoms with Gasteiger partial charge in [0, 0.05) is 6.92 Å². The molecule has 0 aromatic carbocycles. The van der Waals surface area contributed by atoms with E-state index in [1.54, 1.807) is 20.8 Å². The van der Waals surface area contributed by atoms with E-state index in [9.17, 15) is 9.59 Å². The van der Waals surface area contributed by atoms with Crippen molar-refractivity contribution < 1.29 is 29.7 Å². The molecule has 0 aromatic rings. The standard InChI is InChI=1S/C9H17NO4.C2H4O2/c1-5(6(11)12)9(10,7(13)14)8(2,3)4;1-2(3)4/h5H,10H2,1-4H3,(H,11,12)(H,13,14);1H3,(H,3,4)/t5?,9-;/m1./s1. The molecule has 0 spiro atoms. The molecule has 106 valence electrons. The summed E-state index contributed by atoms with van der Waals surface area (Å²) in [7, 11) is 0. The fourth-order valence-corrected chi connectivity index (χ4v) is 1.35. The third-order valence-electron chi connectivity index (χ3n) is 2.65. The highest BCUT2D eigenvalue weighted by atomic mass is 16.4. The number of carboxylic acid groups (broad SMARTS) is 3. The topological polar surface area (TPSA) is 138 Å². The van der Waals surface area contributed by atoms with Crippen LogP contribution < -0.4 is 5.73 Å². The van der Waals surface area contributed by atoms with Crippen molar-refractivity contribution >= 4 is 17.9 Å². The van der Waals surface area contributed by atoms with E-state index in [-0.39, 0.29) is 0 Å². The van der Waals surface area contributed by atoms with Gasteiger partial charge in [0.15, 0.2) is 0 Å². The van der Waals surface area contributed by atoms with Gasteiger partial charge in [0.25, 0.3) is 5.97 Å². The first-order chi connectivity index (χ1) is 7.78. The zero-order valence-corrected chi connectivity index (χ0v) is 11.2. The predicted octanol–water partition coefficient (Wildman–Crippen LogP) is 0.626. The second kappa shape index (κ2) is 6.34. The van der Waals surface area contributed by atoms with E-state index in [0.29, 0.717) is 0 Å². The lowest BCUT2D eigenvalue weighted by Gasteiger charge is -2.40. The minimum atomic E-state index is -1.77. The third-order valence-corrected chi connectivity index (χ3v) is 2.65. The van der Waals surface area contributed by atoms with Gasteiger partial charge in [-0.1, -0.05) is 20.8 Å². The molecule has 0 bridgehead atoms. The summed E-state index contributed by atoms with van der Waals surface area (Å²) < 4.78 is 0. The van der Waals surface area contributed by atoms with Crippen LogP contribution in [-0.4, -0.2) is 38.8 Å². The van der Waals surface area contributed by atoms with E-state index in [2.05, 4.69) is 0 Å². The Labute approximate surface area is 106 Å². The van der Waals surface area contributed by atoms with Crippen molar-refractivity contribution in [3.63, 3.8) is 0 Å². The Hall–Kier alpha value is -1.63. The summed E-state index contributed by atoms with van der Waals surface area (Å²) in [5.41, 5.74) is 3.09. The summed E-state index contributed by atoms with van der Waals surface area (Å²) in [6.45, 7) is 7.23. The third kappa shape index (κ3) is 4.70. The maximum Gasteiger partial charge on any atom is 0.325 e. The van der Waals surface area contributed by atoms with Crippen LogP contribution in [-0.2, 0) is 14.4 Å². The van der Waals surface area contributed by atoms with Gasteiger partial charge >= 0.3 is 11.9 Å². The quantitative estimate of drug-likeness (QED) is 0.585. The van der Waals surface area contributed by atoms with Gasteiger partial charge in [0.1, 0.15) is 5.54 Å². The zero-order valence-electron chi connectivity index (χ0n) is 11.2. The molecule has 0 aromatic heterocycles. The SMILES string of the molecule is CC(=O)O.CC(C(=O)O)[C@@](N)(C(=O)O)C(C)(C)C. The van der Waals surface area contributed by atoms with Crippen molar-refractivity contribution in [2.45, 2.75) is 40.2 Å². The van der Waals surface area contributed by atoms with Gasteiger partial charge in [0.2, 0.25) is 0 Å². The van der Waals surface area contributed by atoms with Crippen molar-refractivity contribution in [2.75, 3.05) is 0 Å². The number of rotatable bonds is 3. The largest absolute Gasteiger partial charge is 0.481 e. The van der Waals surface area contributed by atoms with Crippen molar-refractivity contribution in [1.82, 2.24) is 0 Å². The fourth-order valence-electron chi connectivity index (χ4n) is 1.35. The molecule has 0 saturated carbocycles. The molecule has 18 heavy (non-hydrogen) atoms. The molecule has 0 fully saturated rings. The van der Waals surface area contributed by atoms with E-state index in [1.165, 1.54) is 6.92 Å². The predicted molar refractivity (Wildman–Crippen MR) is 64.1 cm³/mol. The highest BCUT2D eigenvalue weighted by molar-refractivity contribution is 5.87. The van der Waals surface area contributed by atoms with Crippen LogP contribution >= 0.6 is 0 Å². The lowest BCUT2D eigenvalue weighted by atomic mass is 9.67. The summed E-state index contributed by atoms with van der Waals surface area (Å²) in [5, 5.41) is 25.2. The van der Waals surface area contributed by atoms with Crippen LogP contribution in [0.1, 0.15) is 34.6 Å². The van der Waals surface area contributed by atoms with Gasteiger partial charge < -0.3 is 21.1 Å². The average Bonchev–Trinajstić information content (AvgIpc) is 2.11. The van der Waals surface area contributed by atoms with Crippen LogP contribution in [0.5, 0.6) is 0 Å². The molecule has 0 saturated heterocycles. The van der Waals surface area contributed by atoms with Crippen molar-refractivity contribution in [1.29, 1.82) is 0 Å². The molecule has 5 N–H and O–H groups in total. The fraction of sp³-hybridized carbons (Fsp3) is 0.727. The minimum absolute atomic E-state index is 0.823. The Morgan fingerprint density at radius 3 is 1.39 bits per heavy atom. The van der Waals surface area contributed by atoms with E-state index in [0.717, 1.165) is 6.92 Å². The monoisotopic (exact) mass is 263 g/mol. The molecule has 0 aliphatic carbocycles. The van der Waals surface area contributed by atoms with Gasteiger partial charge in [-0.15, -0.1) is 0 Å². The molecule has 7 heteroatoms. The first kappa shape index (κ1) is 18.7. The Morgan fingerprint density at radius 2 is 1.33 bits per heavy atom. The van der Waals surface area contributed by atoms with Crippen LogP contribution in [0.2, 0.25) is 0 Å². The van der Waals surface area contributed by atoms with Gasteiger partial charge in [-0.3, -0.25) is 14.4 Å². The zero-order chi connectivity index (χ0) is 15.3. The molecule has 0 radical (unpaired) electrons. The van der Waals surface area contributed by atoms with Crippen molar-refractivity contribution in [3.05, 3.63) is 0 Å². The summed E-state index contributed by atoms with van der Waals surface area (Å²) >= 11 is 0. The number of hydrogen-bond donors (Lipinski definition) is 4. The number of carboxylic acids is 3. The van der Waals surface area contributed by atoms with E-state index >= 15 is 0 Å². The second-order valence-corrected chi connectivity index (χ2v) is 5.00. The molecule has 0 heterocycles. The van der Waals surface area contributed by atoms with Gasteiger partial charge in [0.05, 0.1) is 5.92 Å². The summed E-state index contributed by atoms with van der Waals surface area (Å²) in [6.07, 6.45) is 0. The van der Waals surface area contributed by atoms with Crippen LogP contribution in [0.4, 0.5) is 0 Å². The number of carbonyl (C=O) groups is 3. The van der Waals surface area contributed by atoms with Gasteiger partial charge in [-0.25, -0.2) is 0 Å². The van der Waals surface area contributed by atoms with Crippen LogP contribution in [0.25, 0.3) is 0 Å². The molecule has 2 atom stereocenters. The molecule has 0 aliphatic heterocycles. The summed E-state index contributed by atoms with van der Waals surface area (Å²) in [4.78, 5) is 30.8. The number of aliphatic carboxylic acids is 3. The van der Waals surface area contributed by atoms with Crippen molar-refractivity contribution in [3.8, 4) is 0 Å². The minimum Gasteiger partial charge on any atom is -0.481 e. The smallest absolute Gasteiger partial charge is 0.325 e. The van der Waals surface area contributed by atoms with Gasteiger partial charge in [-0.05, 0) is 12.3 Å². The van der Waals surface area contributed by atoms with Crippen molar-refractivity contribution in [2.24, 2.45) is 17.1 Å². The van der Waals surface area contributed by atoms with E-state index < -0.39 is 34.8 Å². The molecule has 0 amide bonds. The summed E-state index contributed by atoms with van der Waals surface area (Å²) in [5.74, 6) is -4.47. The Balaban J connectivity index is 0. The van der Waals surface area contributed by atoms with E-state index in [1.807, 2.05) is 0 Å². The summed E-state index contributed by atoms with van der Waals surface area (Å²) in [6, 6.07) is 0. The molecule has 0 aliphatic rings. The van der Waals surface area contributed by atoms with Crippen LogP contribution in [0.15, 0.2) is 0 Å². The molecule has 7 nitrogen and oxygen atoms in total. The molecule has 1 unspecified atom stereocenters. The maximum absolute atomic E-state index is 11.0. The Kier molecular flexibility index (Phi) is 6.60. The molecule has 0 rings (SSSR count). The molecular weight excluding hydrogens is 242 g/mol. The van der Waals surface area contributed by atoms with Gasteiger partial charge in [-0.2, -0.15) is 0 Å². The highest BCUT2D eigenvalue weighted by Crippen LogP contribution is 2.34. The van der Waals surface area contributed by atoms with E-state index in [4.69, 9.17) is 25.8 Å². The van der Waals surface area contributed by atoms with Crippen LogP contribution in [0, 0.1) is 11.3 Å². The average molecular weight is 263 g/mol. The second-order valence-electron chi connectivity index (χ2n) is 5.00. The number of hydrogen-bond acceptors (Lipinski definition) is 4. The first-order valence-electron chi connectivity index (χ1n) is 5.23.